The van der Waals surface area contributed by atoms with E-state index in [2.05, 4.69) is 85.6 Å². The lowest BCUT2D eigenvalue weighted by Crippen LogP contribution is -2.25. The van der Waals surface area contributed by atoms with Gasteiger partial charge in [0, 0.05) is 16.2 Å². The first-order chi connectivity index (χ1) is 10.3. The minimum Gasteiger partial charge on any atom is -0.313 e. The molecule has 0 aliphatic carbocycles. The highest BCUT2D eigenvalue weighted by molar-refractivity contribution is 8.00. The molecule has 0 amide bonds. The number of fused-ring (bicyclic) bond motifs is 1. The Hall–Kier alpha value is -1.25. The zero-order chi connectivity index (χ0) is 14.7. The van der Waals surface area contributed by atoms with Crippen molar-refractivity contribution in [2.75, 3.05) is 7.05 Å². The van der Waals surface area contributed by atoms with Gasteiger partial charge in [-0.05, 0) is 43.0 Å². The fraction of sp³-hybridized carbons (Fsp3) is 0.368. The maximum Gasteiger partial charge on any atom is 0.0343 e. The van der Waals surface area contributed by atoms with E-state index in [4.69, 9.17) is 0 Å². The number of rotatable bonds is 5. The van der Waals surface area contributed by atoms with Crippen LogP contribution in [0.1, 0.15) is 30.5 Å². The van der Waals surface area contributed by atoms with Crippen molar-refractivity contribution in [3.8, 4) is 0 Å². The molecule has 2 aromatic rings. The zero-order valence-corrected chi connectivity index (χ0v) is 13.6. The van der Waals surface area contributed by atoms with Crippen molar-refractivity contribution in [1.82, 2.24) is 5.32 Å². The zero-order valence-electron chi connectivity index (χ0n) is 12.8. The summed E-state index contributed by atoms with van der Waals surface area (Å²) in [5.41, 5.74) is 2.92. The second kappa shape index (κ2) is 6.67. The van der Waals surface area contributed by atoms with Crippen LogP contribution in [0, 0.1) is 5.92 Å². The van der Waals surface area contributed by atoms with Gasteiger partial charge in [0.15, 0.2) is 0 Å². The molecule has 3 unspecified atom stereocenters. The molecule has 0 aromatic heterocycles. The van der Waals surface area contributed by atoms with Crippen molar-refractivity contribution in [1.29, 1.82) is 0 Å². The van der Waals surface area contributed by atoms with Crippen molar-refractivity contribution in [3.63, 3.8) is 0 Å². The molecule has 1 nitrogen and oxygen atoms in total. The van der Waals surface area contributed by atoms with Gasteiger partial charge >= 0.3 is 0 Å². The van der Waals surface area contributed by atoms with Crippen molar-refractivity contribution in [3.05, 3.63) is 65.7 Å². The Balaban J connectivity index is 1.65. The monoisotopic (exact) mass is 297 g/mol. The first kappa shape index (κ1) is 14.7. The van der Waals surface area contributed by atoms with E-state index >= 15 is 0 Å². The number of hydrogen-bond acceptors (Lipinski definition) is 2. The van der Waals surface area contributed by atoms with Gasteiger partial charge in [-0.1, -0.05) is 55.5 Å². The molecule has 0 bridgehead atoms. The minimum absolute atomic E-state index is 0.440. The Labute approximate surface area is 132 Å². The molecule has 0 fully saturated rings. The van der Waals surface area contributed by atoms with Gasteiger partial charge < -0.3 is 5.32 Å². The van der Waals surface area contributed by atoms with Crippen LogP contribution in [0.2, 0.25) is 0 Å². The van der Waals surface area contributed by atoms with Crippen LogP contribution in [-0.2, 0) is 6.42 Å². The van der Waals surface area contributed by atoms with Crippen molar-refractivity contribution in [2.45, 2.75) is 36.0 Å². The van der Waals surface area contributed by atoms with Gasteiger partial charge in [0.05, 0.1) is 0 Å². The Morgan fingerprint density at radius 1 is 1.10 bits per heavy atom. The van der Waals surface area contributed by atoms with Gasteiger partial charge in [-0.2, -0.15) is 0 Å². The maximum atomic E-state index is 3.50. The number of nitrogens with one attached hydrogen (secondary N) is 1. The van der Waals surface area contributed by atoms with Gasteiger partial charge in [0.2, 0.25) is 0 Å². The summed E-state index contributed by atoms with van der Waals surface area (Å²) in [7, 11) is 2.07. The van der Waals surface area contributed by atoms with Gasteiger partial charge in [0.1, 0.15) is 0 Å². The third-order valence-electron chi connectivity index (χ3n) is 4.39. The standard InChI is InChI=1S/C19H23NS/c1-14(19(20-2)15-8-4-3-5-9-15)12-17-13-16-10-6-7-11-18(16)21-17/h3-11,14,17,19-20H,12-13H2,1-2H3. The molecule has 2 aromatic carbocycles. The summed E-state index contributed by atoms with van der Waals surface area (Å²) in [5, 5.41) is 4.22. The van der Waals surface area contributed by atoms with Crippen molar-refractivity contribution < 1.29 is 0 Å². The van der Waals surface area contributed by atoms with E-state index in [1.807, 2.05) is 0 Å². The predicted molar refractivity (Wildman–Crippen MR) is 91.8 cm³/mol. The molecule has 1 N–H and O–H groups in total. The summed E-state index contributed by atoms with van der Waals surface area (Å²) in [6.45, 7) is 2.37. The average molecular weight is 297 g/mol. The summed E-state index contributed by atoms with van der Waals surface area (Å²) in [6.07, 6.45) is 2.47. The first-order valence-electron chi connectivity index (χ1n) is 7.74. The molecule has 3 atom stereocenters. The Morgan fingerprint density at radius 2 is 1.81 bits per heavy atom. The molecule has 1 heterocycles. The second-order valence-electron chi connectivity index (χ2n) is 5.94. The third-order valence-corrected chi connectivity index (χ3v) is 5.73. The fourth-order valence-electron chi connectivity index (χ4n) is 3.38. The first-order valence-corrected chi connectivity index (χ1v) is 8.62. The molecule has 3 rings (SSSR count). The Bertz CT molecular complexity index is 556. The highest BCUT2D eigenvalue weighted by Gasteiger charge is 2.26. The number of thioether (sulfide) groups is 1. The van der Waals surface area contributed by atoms with Crippen molar-refractivity contribution >= 4 is 11.8 Å². The van der Waals surface area contributed by atoms with Crippen LogP contribution in [0.5, 0.6) is 0 Å². The lowest BCUT2D eigenvalue weighted by molar-refractivity contribution is 0.383. The second-order valence-corrected chi connectivity index (χ2v) is 7.28. The van der Waals surface area contributed by atoms with Crippen LogP contribution in [0.25, 0.3) is 0 Å². The summed E-state index contributed by atoms with van der Waals surface area (Å²) < 4.78 is 0. The van der Waals surface area contributed by atoms with Gasteiger partial charge in [-0.3, -0.25) is 0 Å². The maximum absolute atomic E-state index is 3.50. The molecule has 21 heavy (non-hydrogen) atoms. The highest BCUT2D eigenvalue weighted by atomic mass is 32.2. The molecule has 110 valence electrons. The summed E-state index contributed by atoms with van der Waals surface area (Å²) in [6, 6.07) is 20.1. The fourth-order valence-corrected chi connectivity index (χ4v) is 4.86. The number of benzene rings is 2. The van der Waals surface area contributed by atoms with E-state index in [0.29, 0.717) is 12.0 Å². The van der Waals surface area contributed by atoms with Gasteiger partial charge in [0.25, 0.3) is 0 Å². The van der Waals surface area contributed by atoms with Crippen LogP contribution in [0.3, 0.4) is 0 Å². The highest BCUT2D eigenvalue weighted by Crippen LogP contribution is 2.41. The third kappa shape index (κ3) is 3.33. The van der Waals surface area contributed by atoms with Crippen molar-refractivity contribution in [2.24, 2.45) is 5.92 Å². The molecule has 0 radical (unpaired) electrons. The van der Waals surface area contributed by atoms with Gasteiger partial charge in [-0.25, -0.2) is 0 Å². The lowest BCUT2D eigenvalue weighted by atomic mass is 9.89. The van der Waals surface area contributed by atoms with E-state index in [-0.39, 0.29) is 0 Å². The number of hydrogen-bond donors (Lipinski definition) is 1. The minimum atomic E-state index is 0.440. The molecule has 1 aliphatic heterocycles. The Kier molecular flexibility index (Phi) is 4.67. The van der Waals surface area contributed by atoms with Crippen LogP contribution in [-0.4, -0.2) is 12.3 Å². The molecular weight excluding hydrogens is 274 g/mol. The summed E-state index contributed by atoms with van der Waals surface area (Å²) in [5.74, 6) is 0.629. The SMILES string of the molecule is CNC(c1ccccc1)C(C)CC1Cc2ccccc2S1. The van der Waals surface area contributed by atoms with E-state index < -0.39 is 0 Å². The van der Waals surface area contributed by atoms with E-state index in [1.54, 1.807) is 0 Å². The van der Waals surface area contributed by atoms with E-state index in [1.165, 1.54) is 28.9 Å². The summed E-state index contributed by atoms with van der Waals surface area (Å²) in [4.78, 5) is 1.48. The van der Waals surface area contributed by atoms with Crippen LogP contribution in [0.4, 0.5) is 0 Å². The smallest absolute Gasteiger partial charge is 0.0343 e. The largest absolute Gasteiger partial charge is 0.313 e. The molecule has 2 heteroatoms. The van der Waals surface area contributed by atoms with E-state index in [0.717, 1.165) is 5.25 Å². The molecule has 0 saturated carbocycles. The molecular formula is C19H23NS. The van der Waals surface area contributed by atoms with Crippen LogP contribution >= 0.6 is 11.8 Å². The van der Waals surface area contributed by atoms with Gasteiger partial charge in [-0.15, -0.1) is 11.8 Å². The average Bonchev–Trinajstić information content (AvgIpc) is 2.91. The quantitative estimate of drug-likeness (QED) is 0.859. The molecule has 0 spiro atoms. The van der Waals surface area contributed by atoms with Crippen LogP contribution in [0.15, 0.2) is 59.5 Å². The Morgan fingerprint density at radius 3 is 2.52 bits per heavy atom. The van der Waals surface area contributed by atoms with Crippen LogP contribution < -0.4 is 5.32 Å². The summed E-state index contributed by atoms with van der Waals surface area (Å²) >= 11 is 2.06. The molecule has 0 saturated heterocycles. The lowest BCUT2D eigenvalue weighted by Gasteiger charge is -2.26. The normalized spacial score (nSPS) is 20.0. The molecule has 1 aliphatic rings. The van der Waals surface area contributed by atoms with E-state index in [9.17, 15) is 0 Å². The predicted octanol–water partition coefficient (Wildman–Crippen LogP) is 4.69. The topological polar surface area (TPSA) is 12.0 Å².